The number of ether oxygens (including phenoxy) is 1. The molecule has 1 atom stereocenters. The van der Waals surface area contributed by atoms with E-state index in [0.717, 1.165) is 19.3 Å². The zero-order valence-electron chi connectivity index (χ0n) is 10.3. The van der Waals surface area contributed by atoms with Crippen LogP contribution in [0.2, 0.25) is 0 Å². The van der Waals surface area contributed by atoms with Gasteiger partial charge in [0.15, 0.2) is 0 Å². The van der Waals surface area contributed by atoms with Crippen LogP contribution in [0, 0.1) is 0 Å². The van der Waals surface area contributed by atoms with Crippen LogP contribution in [0.15, 0.2) is 11.6 Å². The van der Waals surface area contributed by atoms with Crippen molar-refractivity contribution in [2.24, 2.45) is 0 Å². The van der Waals surface area contributed by atoms with Crippen molar-refractivity contribution in [1.82, 2.24) is 0 Å². The van der Waals surface area contributed by atoms with Crippen LogP contribution in [-0.2, 0) is 9.53 Å². The highest BCUT2D eigenvalue weighted by molar-refractivity contribution is 5.86. The van der Waals surface area contributed by atoms with Gasteiger partial charge in [-0.2, -0.15) is 0 Å². The lowest BCUT2D eigenvalue weighted by Crippen LogP contribution is -2.27. The van der Waals surface area contributed by atoms with Gasteiger partial charge in [0.25, 0.3) is 0 Å². The molecule has 0 radical (unpaired) electrons. The molecule has 1 unspecified atom stereocenters. The first kappa shape index (κ1) is 13.2. The number of unbranched alkanes of at least 4 members (excludes halogenated alkanes) is 5. The average Bonchev–Trinajstić information content (AvgIpc) is 2.45. The fraction of sp³-hybridized carbons (Fsp3) is 0.769. The molecule has 1 aliphatic heterocycles. The van der Waals surface area contributed by atoms with Crippen molar-refractivity contribution in [1.29, 1.82) is 0 Å². The van der Waals surface area contributed by atoms with E-state index in [1.165, 1.54) is 38.7 Å². The summed E-state index contributed by atoms with van der Waals surface area (Å²) in [5, 5.41) is 9.75. The highest BCUT2D eigenvalue weighted by Gasteiger charge is 2.35. The van der Waals surface area contributed by atoms with E-state index in [1.54, 1.807) is 0 Å². The monoisotopic (exact) mass is 226 g/mol. The molecule has 3 nitrogen and oxygen atoms in total. The fourth-order valence-corrected chi connectivity index (χ4v) is 1.97. The molecule has 1 heterocycles. The van der Waals surface area contributed by atoms with Gasteiger partial charge in [-0.05, 0) is 12.8 Å². The molecule has 0 bridgehead atoms. The summed E-state index contributed by atoms with van der Waals surface area (Å²) in [4.78, 5) is 11.0. The second-order valence-corrected chi connectivity index (χ2v) is 4.59. The van der Waals surface area contributed by atoms with Crippen LogP contribution < -0.4 is 0 Å². The summed E-state index contributed by atoms with van der Waals surface area (Å²) in [5.41, 5.74) is 0.716. The number of hydrogen-bond donors (Lipinski definition) is 1. The Hall–Kier alpha value is -0.830. The molecule has 1 N–H and O–H groups in total. The van der Waals surface area contributed by atoms with Crippen LogP contribution in [0.25, 0.3) is 0 Å². The van der Waals surface area contributed by atoms with Crippen LogP contribution in [-0.4, -0.2) is 16.9 Å². The Labute approximate surface area is 97.5 Å². The van der Waals surface area contributed by atoms with Crippen LogP contribution in [0.4, 0.5) is 0 Å². The lowest BCUT2D eigenvalue weighted by atomic mass is 10.0. The second-order valence-electron chi connectivity index (χ2n) is 4.59. The number of cyclic esters (lactones) is 1. The van der Waals surface area contributed by atoms with Crippen molar-refractivity contribution in [3.05, 3.63) is 11.6 Å². The summed E-state index contributed by atoms with van der Waals surface area (Å²) < 4.78 is 4.78. The van der Waals surface area contributed by atoms with E-state index in [0.29, 0.717) is 5.57 Å². The number of hydrogen-bond acceptors (Lipinski definition) is 3. The maximum absolute atomic E-state index is 11.0. The molecule has 0 aromatic heterocycles. The zero-order valence-corrected chi connectivity index (χ0v) is 10.3. The average molecular weight is 226 g/mol. The number of rotatable bonds is 7. The number of carbonyl (C=O) groups excluding carboxylic acids is 1. The molecule has 0 aliphatic carbocycles. The minimum Gasteiger partial charge on any atom is -0.426 e. The first-order valence-corrected chi connectivity index (χ1v) is 6.22. The number of carbonyl (C=O) groups is 1. The fourth-order valence-electron chi connectivity index (χ4n) is 1.97. The van der Waals surface area contributed by atoms with Crippen molar-refractivity contribution in [3.8, 4) is 0 Å². The Bertz CT molecular complexity index is 266. The quantitative estimate of drug-likeness (QED) is 0.536. The molecule has 92 valence electrons. The number of esters is 1. The molecule has 0 saturated carbocycles. The predicted octanol–water partition coefficient (Wildman–Crippen LogP) is 2.93. The molecule has 0 aromatic rings. The van der Waals surface area contributed by atoms with Crippen molar-refractivity contribution in [2.45, 2.75) is 64.6 Å². The van der Waals surface area contributed by atoms with Crippen LogP contribution in [0.1, 0.15) is 58.8 Å². The topological polar surface area (TPSA) is 46.5 Å². The molecule has 1 aliphatic rings. The van der Waals surface area contributed by atoms with Gasteiger partial charge in [-0.25, -0.2) is 4.79 Å². The van der Waals surface area contributed by atoms with Gasteiger partial charge >= 0.3 is 5.97 Å². The van der Waals surface area contributed by atoms with Gasteiger partial charge in [0.1, 0.15) is 0 Å². The third-order valence-corrected chi connectivity index (χ3v) is 2.99. The normalized spacial score (nSPS) is 24.4. The standard InChI is InChI=1S/C13H22O3/c1-3-4-5-6-7-8-9-11-10-12(14)16-13(11,2)15/h10,15H,3-9H2,1-2H3. The van der Waals surface area contributed by atoms with Crippen molar-refractivity contribution in [3.63, 3.8) is 0 Å². The Kier molecular flexibility index (Phi) is 5.00. The molecular formula is C13H22O3. The van der Waals surface area contributed by atoms with Crippen LogP contribution in [0.3, 0.4) is 0 Å². The molecular weight excluding hydrogens is 204 g/mol. The summed E-state index contributed by atoms with van der Waals surface area (Å²) >= 11 is 0. The SMILES string of the molecule is CCCCCCCCC1=CC(=O)OC1(C)O. The minimum atomic E-state index is -1.36. The van der Waals surface area contributed by atoms with E-state index in [9.17, 15) is 9.90 Å². The Morgan fingerprint density at radius 1 is 1.25 bits per heavy atom. The molecule has 0 spiro atoms. The third-order valence-electron chi connectivity index (χ3n) is 2.99. The highest BCUT2D eigenvalue weighted by Crippen LogP contribution is 2.29. The van der Waals surface area contributed by atoms with E-state index < -0.39 is 11.8 Å². The molecule has 1 rings (SSSR count). The molecule has 3 heteroatoms. The van der Waals surface area contributed by atoms with E-state index in [-0.39, 0.29) is 0 Å². The molecule has 0 amide bonds. The summed E-state index contributed by atoms with van der Waals surface area (Å²) in [7, 11) is 0. The highest BCUT2D eigenvalue weighted by atomic mass is 16.7. The Morgan fingerprint density at radius 3 is 2.44 bits per heavy atom. The van der Waals surface area contributed by atoms with Gasteiger partial charge in [-0.1, -0.05) is 39.0 Å². The summed E-state index contributed by atoms with van der Waals surface area (Å²) in [5.74, 6) is -1.79. The zero-order chi connectivity index (χ0) is 12.0. The smallest absolute Gasteiger partial charge is 0.333 e. The third kappa shape index (κ3) is 3.97. The van der Waals surface area contributed by atoms with Crippen molar-refractivity contribution < 1.29 is 14.6 Å². The minimum absolute atomic E-state index is 0.425. The van der Waals surface area contributed by atoms with Gasteiger partial charge in [0.2, 0.25) is 5.79 Å². The van der Waals surface area contributed by atoms with E-state index in [1.807, 2.05) is 0 Å². The molecule has 0 saturated heterocycles. The van der Waals surface area contributed by atoms with Crippen LogP contribution in [0.5, 0.6) is 0 Å². The van der Waals surface area contributed by atoms with Crippen molar-refractivity contribution >= 4 is 5.97 Å². The first-order chi connectivity index (χ1) is 7.56. The molecule has 0 fully saturated rings. The van der Waals surface area contributed by atoms with Gasteiger partial charge in [-0.15, -0.1) is 0 Å². The summed E-state index contributed by atoms with van der Waals surface area (Å²) in [6.45, 7) is 3.73. The summed E-state index contributed by atoms with van der Waals surface area (Å²) in [6.07, 6.45) is 9.41. The first-order valence-electron chi connectivity index (χ1n) is 6.22. The van der Waals surface area contributed by atoms with Gasteiger partial charge in [0.05, 0.1) is 0 Å². The van der Waals surface area contributed by atoms with E-state index >= 15 is 0 Å². The lowest BCUT2D eigenvalue weighted by molar-refractivity contribution is -0.175. The van der Waals surface area contributed by atoms with Gasteiger partial charge in [-0.3, -0.25) is 0 Å². The van der Waals surface area contributed by atoms with E-state index in [4.69, 9.17) is 4.74 Å². The molecule has 16 heavy (non-hydrogen) atoms. The van der Waals surface area contributed by atoms with Crippen LogP contribution >= 0.6 is 0 Å². The summed E-state index contributed by atoms with van der Waals surface area (Å²) in [6, 6.07) is 0. The van der Waals surface area contributed by atoms with Gasteiger partial charge < -0.3 is 9.84 Å². The maximum Gasteiger partial charge on any atom is 0.333 e. The maximum atomic E-state index is 11.0. The van der Waals surface area contributed by atoms with E-state index in [2.05, 4.69) is 6.92 Å². The largest absolute Gasteiger partial charge is 0.426 e. The lowest BCUT2D eigenvalue weighted by Gasteiger charge is -2.19. The van der Waals surface area contributed by atoms with Crippen molar-refractivity contribution in [2.75, 3.05) is 0 Å². The van der Waals surface area contributed by atoms with Gasteiger partial charge in [0, 0.05) is 18.6 Å². The molecule has 0 aromatic carbocycles. The second kappa shape index (κ2) is 6.04. The number of aliphatic hydroxyl groups is 1. The Balaban J connectivity index is 2.18. The predicted molar refractivity (Wildman–Crippen MR) is 62.8 cm³/mol. The Morgan fingerprint density at radius 2 is 1.88 bits per heavy atom.